The van der Waals surface area contributed by atoms with Gasteiger partial charge in [0.2, 0.25) is 0 Å². The lowest BCUT2D eigenvalue weighted by molar-refractivity contribution is -0.151. The molecule has 0 bridgehead atoms. The molecule has 0 radical (unpaired) electrons. The Kier molecular flexibility index (Phi) is 15.5. The number of carbonyl (C=O) groups excluding carboxylic acids is 2. The van der Waals surface area contributed by atoms with Gasteiger partial charge in [0.05, 0.1) is 19.6 Å². The maximum Gasteiger partial charge on any atom is 0.321 e. The molecule has 0 spiro atoms. The summed E-state index contributed by atoms with van der Waals surface area (Å²) in [7, 11) is 0. The Hall–Kier alpha value is -0.950. The molecule has 0 aliphatic rings. The second-order valence-electron chi connectivity index (χ2n) is 7.10. The van der Waals surface area contributed by atoms with Crippen molar-refractivity contribution in [1.82, 2.24) is 0 Å². The van der Waals surface area contributed by atoms with E-state index < -0.39 is 34.7 Å². The van der Waals surface area contributed by atoms with Gasteiger partial charge in [0.1, 0.15) is 5.25 Å². The predicted molar refractivity (Wildman–Crippen MR) is 106 cm³/mol. The largest absolute Gasteiger partial charge is 0.772 e. The summed E-state index contributed by atoms with van der Waals surface area (Å²) < 4.78 is 33.2. The summed E-state index contributed by atoms with van der Waals surface area (Å²) in [4.78, 5) is 24.1. The van der Waals surface area contributed by atoms with E-state index in [1.807, 2.05) is 13.8 Å². The van der Waals surface area contributed by atoms with Gasteiger partial charge in [0.25, 0.3) is 0 Å². The molecule has 0 N–H and O–H groups in total. The van der Waals surface area contributed by atoms with E-state index >= 15 is 0 Å². The Labute approximate surface area is 167 Å². The van der Waals surface area contributed by atoms with E-state index in [0.717, 1.165) is 51.4 Å². The standard InChI is InChI=1S/C20H38O6S/c1-5-9-11-16(7-3)14-25-19(21)13-18(27(23)24)20(22)26-15-17(8-4)12-10-6-2/h16-18H,5-15H2,1-4H3,(H,23,24)/p-1. The van der Waals surface area contributed by atoms with Crippen LogP contribution < -0.4 is 0 Å². The van der Waals surface area contributed by atoms with Crippen molar-refractivity contribution in [1.29, 1.82) is 0 Å². The zero-order chi connectivity index (χ0) is 20.7. The molecule has 160 valence electrons. The van der Waals surface area contributed by atoms with Crippen molar-refractivity contribution >= 4 is 23.0 Å². The average Bonchev–Trinajstić information content (AvgIpc) is 2.65. The van der Waals surface area contributed by atoms with Gasteiger partial charge in [0, 0.05) is 0 Å². The second-order valence-corrected chi connectivity index (χ2v) is 8.19. The molecular weight excluding hydrogens is 368 g/mol. The second kappa shape index (κ2) is 16.0. The van der Waals surface area contributed by atoms with Gasteiger partial charge in [0.15, 0.2) is 0 Å². The van der Waals surface area contributed by atoms with Crippen molar-refractivity contribution < 1.29 is 27.8 Å². The van der Waals surface area contributed by atoms with Crippen LogP contribution in [-0.4, -0.2) is 39.2 Å². The van der Waals surface area contributed by atoms with Crippen LogP contribution in [0.25, 0.3) is 0 Å². The van der Waals surface area contributed by atoms with Gasteiger partial charge in [-0.3, -0.25) is 13.8 Å². The molecule has 0 aromatic heterocycles. The lowest BCUT2D eigenvalue weighted by Gasteiger charge is -2.21. The fourth-order valence-electron chi connectivity index (χ4n) is 2.74. The fraction of sp³-hybridized carbons (Fsp3) is 0.900. The molecule has 4 unspecified atom stereocenters. The summed E-state index contributed by atoms with van der Waals surface area (Å²) in [5.74, 6) is -1.06. The highest BCUT2D eigenvalue weighted by molar-refractivity contribution is 7.80. The van der Waals surface area contributed by atoms with E-state index in [9.17, 15) is 18.4 Å². The fourth-order valence-corrected chi connectivity index (χ4v) is 3.24. The minimum absolute atomic E-state index is 0.188. The zero-order valence-electron chi connectivity index (χ0n) is 17.4. The summed E-state index contributed by atoms with van der Waals surface area (Å²) in [6, 6.07) is 0. The molecule has 0 saturated carbocycles. The number of rotatable bonds is 16. The van der Waals surface area contributed by atoms with Crippen molar-refractivity contribution in [2.45, 2.75) is 90.7 Å². The van der Waals surface area contributed by atoms with Crippen LogP contribution in [0.15, 0.2) is 0 Å². The highest BCUT2D eigenvalue weighted by Gasteiger charge is 2.26. The summed E-state index contributed by atoms with van der Waals surface area (Å²) in [5, 5.41) is -1.50. The van der Waals surface area contributed by atoms with E-state index in [1.165, 1.54) is 0 Å². The first kappa shape index (κ1) is 26.1. The normalized spacial score (nSPS) is 15.6. The first-order chi connectivity index (χ1) is 12.9. The van der Waals surface area contributed by atoms with Crippen LogP contribution in [0.5, 0.6) is 0 Å². The van der Waals surface area contributed by atoms with Crippen LogP contribution in [0.1, 0.15) is 85.5 Å². The number of hydrogen-bond acceptors (Lipinski definition) is 6. The molecule has 0 heterocycles. The van der Waals surface area contributed by atoms with E-state index in [1.54, 1.807) is 0 Å². The highest BCUT2D eigenvalue weighted by Crippen LogP contribution is 2.16. The van der Waals surface area contributed by atoms with E-state index in [2.05, 4.69) is 13.8 Å². The number of esters is 2. The molecule has 0 aliphatic carbocycles. The Balaban J connectivity index is 4.50. The van der Waals surface area contributed by atoms with Crippen LogP contribution in [0.4, 0.5) is 0 Å². The topological polar surface area (TPSA) is 92.7 Å². The van der Waals surface area contributed by atoms with Crippen molar-refractivity contribution in [2.24, 2.45) is 11.8 Å². The van der Waals surface area contributed by atoms with Crippen LogP contribution >= 0.6 is 0 Å². The number of ether oxygens (including phenoxy) is 2. The molecule has 27 heavy (non-hydrogen) atoms. The van der Waals surface area contributed by atoms with Crippen molar-refractivity contribution in [2.75, 3.05) is 13.2 Å². The molecule has 0 rings (SSSR count). The molecule has 7 heteroatoms. The van der Waals surface area contributed by atoms with Crippen molar-refractivity contribution in [3.8, 4) is 0 Å². The van der Waals surface area contributed by atoms with Gasteiger partial charge in [-0.1, -0.05) is 66.2 Å². The SMILES string of the molecule is CCCCC(CC)COC(=O)CC(C(=O)OCC(CC)CCCC)S(=O)[O-]. The maximum atomic E-state index is 12.1. The third-order valence-electron chi connectivity index (χ3n) is 4.88. The lowest BCUT2D eigenvalue weighted by atomic mass is 10.0. The molecule has 4 atom stereocenters. The summed E-state index contributed by atoms with van der Waals surface area (Å²) in [5.41, 5.74) is 0. The highest BCUT2D eigenvalue weighted by atomic mass is 32.2. The third-order valence-corrected chi connectivity index (χ3v) is 5.70. The summed E-state index contributed by atoms with van der Waals surface area (Å²) in [6.45, 7) is 8.68. The van der Waals surface area contributed by atoms with Gasteiger partial charge in [-0.15, -0.1) is 0 Å². The lowest BCUT2D eigenvalue weighted by Crippen LogP contribution is -2.32. The smallest absolute Gasteiger partial charge is 0.321 e. The summed E-state index contributed by atoms with van der Waals surface area (Å²) in [6.07, 6.45) is 7.39. The number of carbonyl (C=O) groups is 2. The van der Waals surface area contributed by atoms with Gasteiger partial charge < -0.3 is 14.0 Å². The average molecular weight is 406 g/mol. The molecule has 0 fully saturated rings. The van der Waals surface area contributed by atoms with Crippen LogP contribution in [-0.2, 0) is 30.1 Å². The first-order valence-electron chi connectivity index (χ1n) is 10.3. The zero-order valence-corrected chi connectivity index (χ0v) is 18.2. The van der Waals surface area contributed by atoms with Gasteiger partial charge in [-0.05, 0) is 35.8 Å². The minimum Gasteiger partial charge on any atom is -0.772 e. The summed E-state index contributed by atoms with van der Waals surface area (Å²) >= 11 is -2.72. The van der Waals surface area contributed by atoms with Gasteiger partial charge in [-0.2, -0.15) is 0 Å². The number of hydrogen-bond donors (Lipinski definition) is 0. The Bertz CT molecular complexity index is 440. The predicted octanol–water partition coefficient (Wildman–Crippen LogP) is 4.14. The number of unbranched alkanes of at least 4 members (excludes halogenated alkanes) is 2. The minimum atomic E-state index is -2.72. The van der Waals surface area contributed by atoms with Crippen LogP contribution in [0.3, 0.4) is 0 Å². The molecule has 6 nitrogen and oxygen atoms in total. The van der Waals surface area contributed by atoms with E-state index in [4.69, 9.17) is 9.47 Å². The monoisotopic (exact) mass is 405 g/mol. The van der Waals surface area contributed by atoms with E-state index in [-0.39, 0.29) is 25.0 Å². The third kappa shape index (κ3) is 12.2. The van der Waals surface area contributed by atoms with Crippen molar-refractivity contribution in [3.05, 3.63) is 0 Å². The Morgan fingerprint density at radius 1 is 0.889 bits per heavy atom. The molecule has 0 aromatic rings. The van der Waals surface area contributed by atoms with Crippen molar-refractivity contribution in [3.63, 3.8) is 0 Å². The van der Waals surface area contributed by atoms with Crippen LogP contribution in [0.2, 0.25) is 0 Å². The van der Waals surface area contributed by atoms with Crippen LogP contribution in [0, 0.1) is 11.8 Å². The Morgan fingerprint density at radius 2 is 1.37 bits per heavy atom. The molecule has 0 amide bonds. The molecule has 0 aliphatic heterocycles. The molecule has 0 saturated heterocycles. The molecule has 0 aromatic carbocycles. The van der Waals surface area contributed by atoms with E-state index in [0.29, 0.717) is 0 Å². The molecular formula is C20H37O6S-. The Morgan fingerprint density at radius 3 is 1.78 bits per heavy atom. The van der Waals surface area contributed by atoms with Gasteiger partial charge >= 0.3 is 11.9 Å². The first-order valence-corrected chi connectivity index (χ1v) is 11.4. The quantitative estimate of drug-likeness (QED) is 0.283. The van der Waals surface area contributed by atoms with Gasteiger partial charge in [-0.25, -0.2) is 0 Å². The maximum absolute atomic E-state index is 12.1.